The van der Waals surface area contributed by atoms with Crippen LogP contribution in [0.1, 0.15) is 32.3 Å². The Bertz CT molecular complexity index is 1100. The van der Waals surface area contributed by atoms with Gasteiger partial charge in [-0.15, -0.1) is 0 Å². The number of nitrogens with zero attached hydrogens (tertiary/aromatic N) is 4. The standard InChI is InChI=1S/C26H30N4O2S/c1-26(2)18-23(31)30(25(26)32)13-7-12-28-14-16-29(17-15-28)24-19-8-3-5-10-21(19)33-22-11-6-4-9-20(22)27-24/h3-6,8-11H,7,12-18H2,1-2H3. The van der Waals surface area contributed by atoms with Crippen LogP contribution in [0.5, 0.6) is 0 Å². The van der Waals surface area contributed by atoms with Crippen LogP contribution in [0.25, 0.3) is 0 Å². The highest BCUT2D eigenvalue weighted by molar-refractivity contribution is 7.99. The molecule has 0 bridgehead atoms. The zero-order valence-electron chi connectivity index (χ0n) is 19.3. The van der Waals surface area contributed by atoms with Gasteiger partial charge in [0.15, 0.2) is 0 Å². The maximum absolute atomic E-state index is 12.4. The van der Waals surface area contributed by atoms with Crippen molar-refractivity contribution >= 4 is 35.1 Å². The molecule has 3 aliphatic rings. The van der Waals surface area contributed by atoms with Gasteiger partial charge in [0, 0.05) is 54.5 Å². The molecule has 0 N–H and O–H groups in total. The smallest absolute Gasteiger partial charge is 0.235 e. The third kappa shape index (κ3) is 4.44. The molecule has 0 aliphatic carbocycles. The van der Waals surface area contributed by atoms with Gasteiger partial charge in [0.1, 0.15) is 5.84 Å². The van der Waals surface area contributed by atoms with E-state index in [-0.39, 0.29) is 11.8 Å². The number of carbonyl (C=O) groups excluding carboxylic acids is 2. The van der Waals surface area contributed by atoms with E-state index in [1.807, 2.05) is 19.9 Å². The minimum absolute atomic E-state index is 0.0273. The molecule has 0 aromatic heterocycles. The van der Waals surface area contributed by atoms with Crippen LogP contribution >= 0.6 is 11.8 Å². The monoisotopic (exact) mass is 462 g/mol. The Morgan fingerprint density at radius 1 is 0.909 bits per heavy atom. The molecule has 0 spiro atoms. The number of para-hydroxylation sites is 1. The topological polar surface area (TPSA) is 56.2 Å². The van der Waals surface area contributed by atoms with Crippen molar-refractivity contribution in [2.24, 2.45) is 10.4 Å². The zero-order chi connectivity index (χ0) is 23.0. The number of likely N-dealkylation sites (tertiary alicyclic amines) is 1. The van der Waals surface area contributed by atoms with Crippen molar-refractivity contribution in [2.75, 3.05) is 39.3 Å². The molecule has 0 atom stereocenters. The minimum atomic E-state index is -0.546. The lowest BCUT2D eigenvalue weighted by Crippen LogP contribution is -2.49. The number of carbonyl (C=O) groups is 2. The van der Waals surface area contributed by atoms with E-state index < -0.39 is 5.41 Å². The number of hydrogen-bond donors (Lipinski definition) is 0. The second kappa shape index (κ2) is 8.95. The lowest BCUT2D eigenvalue weighted by molar-refractivity contribution is -0.140. The van der Waals surface area contributed by atoms with Crippen LogP contribution in [0.2, 0.25) is 0 Å². The summed E-state index contributed by atoms with van der Waals surface area (Å²) >= 11 is 1.78. The van der Waals surface area contributed by atoms with E-state index in [0.29, 0.717) is 13.0 Å². The molecule has 0 unspecified atom stereocenters. The number of amidine groups is 1. The number of amides is 2. The van der Waals surface area contributed by atoms with Gasteiger partial charge < -0.3 is 4.90 Å². The van der Waals surface area contributed by atoms with E-state index in [1.165, 1.54) is 20.3 Å². The quantitative estimate of drug-likeness (QED) is 0.643. The first kappa shape index (κ1) is 22.2. The number of imide groups is 1. The van der Waals surface area contributed by atoms with Gasteiger partial charge in [0.2, 0.25) is 11.8 Å². The minimum Gasteiger partial charge on any atom is -0.354 e. The van der Waals surface area contributed by atoms with Crippen LogP contribution in [0.3, 0.4) is 0 Å². The van der Waals surface area contributed by atoms with E-state index >= 15 is 0 Å². The Kier molecular flexibility index (Phi) is 6.01. The van der Waals surface area contributed by atoms with Gasteiger partial charge in [-0.25, -0.2) is 4.99 Å². The molecule has 0 saturated carbocycles. The summed E-state index contributed by atoms with van der Waals surface area (Å²) in [4.78, 5) is 38.4. The average molecular weight is 463 g/mol. The van der Waals surface area contributed by atoms with Crippen molar-refractivity contribution in [3.05, 3.63) is 54.1 Å². The first-order valence-electron chi connectivity index (χ1n) is 11.7. The van der Waals surface area contributed by atoms with Crippen molar-refractivity contribution in [1.29, 1.82) is 0 Å². The van der Waals surface area contributed by atoms with Crippen LogP contribution < -0.4 is 0 Å². The molecule has 6 nitrogen and oxygen atoms in total. The fraction of sp³-hybridized carbons (Fsp3) is 0.423. The zero-order valence-corrected chi connectivity index (χ0v) is 20.1. The van der Waals surface area contributed by atoms with Crippen molar-refractivity contribution in [3.8, 4) is 0 Å². The number of hydrogen-bond acceptors (Lipinski definition) is 6. The Morgan fingerprint density at radius 2 is 1.61 bits per heavy atom. The number of rotatable bonds is 4. The second-order valence-electron chi connectivity index (χ2n) is 9.59. The first-order valence-corrected chi connectivity index (χ1v) is 12.5. The summed E-state index contributed by atoms with van der Waals surface area (Å²) in [7, 11) is 0. The van der Waals surface area contributed by atoms with E-state index in [1.54, 1.807) is 11.8 Å². The van der Waals surface area contributed by atoms with Gasteiger partial charge in [0.25, 0.3) is 0 Å². The molecule has 7 heteroatoms. The summed E-state index contributed by atoms with van der Waals surface area (Å²) < 4.78 is 0. The summed E-state index contributed by atoms with van der Waals surface area (Å²) in [5.74, 6) is 0.997. The largest absolute Gasteiger partial charge is 0.354 e. The lowest BCUT2D eigenvalue weighted by atomic mass is 9.92. The SMILES string of the molecule is CC1(C)CC(=O)N(CCCN2CCN(C3=Nc4ccccc4Sc4ccccc43)CC2)C1=O. The van der Waals surface area contributed by atoms with Gasteiger partial charge in [-0.1, -0.05) is 55.9 Å². The van der Waals surface area contributed by atoms with Crippen LogP contribution in [0.4, 0.5) is 5.69 Å². The van der Waals surface area contributed by atoms with E-state index in [9.17, 15) is 9.59 Å². The molecule has 3 heterocycles. The molecule has 2 fully saturated rings. The number of aliphatic imine (C=N–C) groups is 1. The predicted molar refractivity (Wildman–Crippen MR) is 131 cm³/mol. The Morgan fingerprint density at radius 3 is 2.33 bits per heavy atom. The van der Waals surface area contributed by atoms with E-state index in [2.05, 4.69) is 52.3 Å². The molecule has 33 heavy (non-hydrogen) atoms. The van der Waals surface area contributed by atoms with Crippen molar-refractivity contribution < 1.29 is 9.59 Å². The summed E-state index contributed by atoms with van der Waals surface area (Å²) in [6.45, 7) is 8.86. The highest BCUT2D eigenvalue weighted by atomic mass is 32.2. The maximum Gasteiger partial charge on any atom is 0.235 e. The molecule has 0 radical (unpaired) electrons. The highest BCUT2D eigenvalue weighted by Gasteiger charge is 2.44. The molecule has 5 rings (SSSR count). The second-order valence-corrected chi connectivity index (χ2v) is 10.7. The summed E-state index contributed by atoms with van der Waals surface area (Å²) in [5, 5.41) is 0. The lowest BCUT2D eigenvalue weighted by Gasteiger charge is -2.37. The number of piperazine rings is 1. The number of fused-ring (bicyclic) bond motifs is 2. The molecule has 2 aromatic carbocycles. The van der Waals surface area contributed by atoms with Crippen molar-refractivity contribution in [2.45, 2.75) is 36.5 Å². The van der Waals surface area contributed by atoms with Crippen LogP contribution in [0, 0.1) is 5.41 Å². The average Bonchev–Trinajstić information content (AvgIpc) is 2.93. The van der Waals surface area contributed by atoms with E-state index in [0.717, 1.165) is 50.7 Å². The van der Waals surface area contributed by atoms with Crippen LogP contribution in [-0.2, 0) is 9.59 Å². The Balaban J connectivity index is 1.22. The molecule has 172 valence electrons. The van der Waals surface area contributed by atoms with Crippen LogP contribution in [0.15, 0.2) is 63.3 Å². The Labute approximate surface area is 199 Å². The third-order valence-corrected chi connectivity index (χ3v) is 7.83. The van der Waals surface area contributed by atoms with Gasteiger partial charge in [0.05, 0.1) is 11.1 Å². The van der Waals surface area contributed by atoms with Crippen molar-refractivity contribution in [1.82, 2.24) is 14.7 Å². The maximum atomic E-state index is 12.4. The van der Waals surface area contributed by atoms with Gasteiger partial charge >= 0.3 is 0 Å². The normalized spacial score (nSPS) is 20.4. The van der Waals surface area contributed by atoms with Crippen LogP contribution in [-0.4, -0.2) is 71.6 Å². The van der Waals surface area contributed by atoms with Gasteiger partial charge in [-0.3, -0.25) is 19.4 Å². The van der Waals surface area contributed by atoms with Gasteiger partial charge in [-0.2, -0.15) is 0 Å². The summed E-state index contributed by atoms with van der Waals surface area (Å²) in [6, 6.07) is 16.9. The molecule has 2 aromatic rings. The first-order chi connectivity index (χ1) is 15.9. The molecule has 2 saturated heterocycles. The molecule has 3 aliphatic heterocycles. The Hall–Kier alpha value is -2.64. The number of benzene rings is 2. The summed E-state index contributed by atoms with van der Waals surface area (Å²) in [5.41, 5.74) is 1.68. The molecular weight excluding hydrogens is 432 g/mol. The van der Waals surface area contributed by atoms with E-state index in [4.69, 9.17) is 4.99 Å². The fourth-order valence-corrected chi connectivity index (χ4v) is 5.82. The highest BCUT2D eigenvalue weighted by Crippen LogP contribution is 2.40. The van der Waals surface area contributed by atoms with Gasteiger partial charge in [-0.05, 0) is 31.2 Å². The third-order valence-electron chi connectivity index (χ3n) is 6.69. The predicted octanol–water partition coefficient (Wildman–Crippen LogP) is 4.02. The fourth-order valence-electron chi connectivity index (χ4n) is 4.80. The summed E-state index contributed by atoms with van der Waals surface area (Å²) in [6.07, 6.45) is 1.15. The van der Waals surface area contributed by atoms with Crippen molar-refractivity contribution in [3.63, 3.8) is 0 Å². The molecule has 2 amide bonds. The molecular formula is C26H30N4O2S.